The molecule has 0 aliphatic carbocycles. The Morgan fingerprint density at radius 1 is 0.638 bits per heavy atom. The van der Waals surface area contributed by atoms with Crippen LogP contribution in [0.25, 0.3) is 0 Å². The number of hydrogen-bond donors (Lipinski definition) is 3. The molecule has 15 heteroatoms. The molecule has 0 bridgehead atoms. The van der Waals surface area contributed by atoms with E-state index in [0.29, 0.717) is 73.9 Å². The lowest BCUT2D eigenvalue weighted by Crippen LogP contribution is -2.57. The number of carbonyl (C=O) groups excluding carboxylic acids is 3. The Kier molecular flexibility index (Phi) is 33.8. The van der Waals surface area contributed by atoms with E-state index in [2.05, 4.69) is 88.8 Å². The number of aliphatic hydroxyl groups excluding tert-OH is 2. The number of piperidine rings is 1. The van der Waals surface area contributed by atoms with Crippen molar-refractivity contribution in [3.63, 3.8) is 0 Å². The number of thioether (sulfide) groups is 1. The minimum Gasteiger partial charge on any atom is -0.456 e. The summed E-state index contributed by atoms with van der Waals surface area (Å²) in [5.74, 6) is 0.862. The quantitative estimate of drug-likeness (QED) is 0.0408. The van der Waals surface area contributed by atoms with Crippen molar-refractivity contribution in [2.45, 2.75) is 176 Å². The van der Waals surface area contributed by atoms with Crippen molar-refractivity contribution >= 4 is 99.2 Å². The van der Waals surface area contributed by atoms with E-state index < -0.39 is 28.3 Å². The summed E-state index contributed by atoms with van der Waals surface area (Å²) in [6, 6.07) is 45.4. The Bertz CT molecular complexity index is 3380. The molecule has 512 valence electrons. The third kappa shape index (κ3) is 22.0. The molecule has 0 saturated carbocycles. The Morgan fingerprint density at radius 3 is 1.59 bits per heavy atom. The van der Waals surface area contributed by atoms with Gasteiger partial charge in [0.25, 0.3) is 0 Å². The molecule has 0 aromatic heterocycles. The molecule has 6 aromatic carbocycles. The molecule has 0 radical (unpaired) electrons. The molecular formula is C79H102Cl6N2O6S. The zero-order chi connectivity index (χ0) is 67.0. The minimum absolute atomic E-state index is 0. The highest BCUT2D eigenvalue weighted by atomic mass is 35.5. The summed E-state index contributed by atoms with van der Waals surface area (Å²) >= 11 is 39.1. The maximum absolute atomic E-state index is 14.3. The number of halogens is 6. The number of likely N-dealkylation sites (tertiary alicyclic amines) is 1. The van der Waals surface area contributed by atoms with Crippen LogP contribution in [0.5, 0.6) is 0 Å². The Morgan fingerprint density at radius 2 is 1.12 bits per heavy atom. The number of hydrogen-bond acceptors (Lipinski definition) is 7. The molecule has 2 amide bonds. The highest BCUT2D eigenvalue weighted by molar-refractivity contribution is 7.99. The van der Waals surface area contributed by atoms with Crippen LogP contribution >= 0.6 is 81.4 Å². The van der Waals surface area contributed by atoms with Gasteiger partial charge >= 0.3 is 5.97 Å². The first-order chi connectivity index (χ1) is 43.1. The van der Waals surface area contributed by atoms with Crippen molar-refractivity contribution in [3.05, 3.63) is 247 Å². The van der Waals surface area contributed by atoms with E-state index in [9.17, 15) is 24.6 Å². The summed E-state index contributed by atoms with van der Waals surface area (Å²) in [6.07, 6.45) is 7.56. The number of esters is 1. The molecule has 2 aliphatic rings. The fourth-order valence-electron chi connectivity index (χ4n) is 12.5. The highest BCUT2D eigenvalue weighted by Gasteiger charge is 2.52. The molecule has 6 aromatic rings. The lowest BCUT2D eigenvalue weighted by Gasteiger charge is -2.53. The van der Waals surface area contributed by atoms with Gasteiger partial charge in [0.15, 0.2) is 0 Å². The SMILES string of the molecule is C.C.C.C=CC[C@@](C)(C[C@H](c1cccc(Cl)c1)[C@@H](O)c1ccc(Cl)cc1)C(=O)N[C@H](CO)C(C)C.C=CC[C@@]1(C)C[C@H](c2cccc(Cl)c2)[C@@H](c2ccc(Cl)cc2)N([C@H](CSC(C)C)C(C)C)C1=O.C=CC[C@@]1(C)C[C@H](c2cccc(Cl)c2)[C@@H](c2ccc(Cl)cc2)OC1=O. The van der Waals surface area contributed by atoms with E-state index in [1.54, 1.807) is 42.5 Å². The van der Waals surface area contributed by atoms with E-state index in [1.165, 1.54) is 5.56 Å². The lowest BCUT2D eigenvalue weighted by atomic mass is 9.67. The van der Waals surface area contributed by atoms with Gasteiger partial charge in [0.05, 0.1) is 41.0 Å². The lowest BCUT2D eigenvalue weighted by molar-refractivity contribution is -0.171. The first-order valence-electron chi connectivity index (χ1n) is 31.2. The van der Waals surface area contributed by atoms with Gasteiger partial charge in [-0.3, -0.25) is 14.4 Å². The van der Waals surface area contributed by atoms with Crippen LogP contribution in [0.4, 0.5) is 0 Å². The normalized spacial score (nSPS) is 21.1. The number of nitrogens with one attached hydrogen (secondary N) is 1. The summed E-state index contributed by atoms with van der Waals surface area (Å²) in [5.41, 5.74) is 3.86. The molecular weight excluding hydrogens is 1320 g/mol. The maximum Gasteiger partial charge on any atom is 0.312 e. The monoisotopic (exact) mass is 1420 g/mol. The van der Waals surface area contributed by atoms with Gasteiger partial charge in [-0.2, -0.15) is 11.8 Å². The largest absolute Gasteiger partial charge is 0.456 e. The van der Waals surface area contributed by atoms with Crippen LogP contribution in [0.2, 0.25) is 30.1 Å². The van der Waals surface area contributed by atoms with Gasteiger partial charge in [-0.15, -0.1) is 19.7 Å². The highest BCUT2D eigenvalue weighted by Crippen LogP contribution is 2.54. The summed E-state index contributed by atoms with van der Waals surface area (Å²) in [5, 5.41) is 28.4. The van der Waals surface area contributed by atoms with E-state index in [0.717, 1.165) is 39.5 Å². The zero-order valence-electron chi connectivity index (χ0n) is 53.9. The molecule has 0 spiro atoms. The molecule has 8 rings (SSSR count). The average Bonchev–Trinajstić information content (AvgIpc) is 0.747. The van der Waals surface area contributed by atoms with Crippen LogP contribution in [-0.4, -0.2) is 62.6 Å². The number of nitrogens with zero attached hydrogens (tertiary/aromatic N) is 1. The number of ether oxygens (including phenoxy) is 1. The van der Waals surface area contributed by atoms with E-state index >= 15 is 0 Å². The van der Waals surface area contributed by atoms with Crippen molar-refractivity contribution in [2.24, 2.45) is 28.1 Å². The fourth-order valence-corrected chi connectivity index (χ4v) is 14.6. The number of aliphatic hydroxyl groups is 2. The second-order valence-electron chi connectivity index (χ2n) is 26.0. The Hall–Kier alpha value is -5.04. The Balaban J connectivity index is 0.000000366. The standard InChI is InChI=1S/C29H37Cl2NOS.C26H33Cl2NO3.C21H20Cl2O2.3CH4/c1-7-15-29(6)17-25(22-9-8-10-24(31)16-22)27(21-11-13-23(30)14-12-21)32(28(29)33)26(19(2)3)18-34-20(4)5;1-5-13-26(4,25(32)29-23(16-30)17(2)3)15-22(19-7-6-8-21(28)14-19)24(31)18-9-11-20(27)12-10-18;1-3-11-21(2)13-18(15-5-4-6-17(23)12-15)19(25-20(21)24)14-7-9-16(22)10-8-14;;;/h7-14,16,19-20,25-27H,1,15,17-18H2,2-6H3;5-12,14,17,22-24,30-31H,1,13,15-16H2,2-4H3,(H,29,32);3-10,12,18-19H,1,11,13H2,2H3;3*1H4/t25-,26-,27-,29+;22-,23-,24+,26+;18-,19-,21+;;;/m111.../s1. The summed E-state index contributed by atoms with van der Waals surface area (Å²) in [4.78, 5) is 42.6. The second kappa shape index (κ2) is 38.2. The van der Waals surface area contributed by atoms with E-state index in [4.69, 9.17) is 74.3 Å². The van der Waals surface area contributed by atoms with Crippen LogP contribution in [0.1, 0.15) is 193 Å². The first kappa shape index (κ1) is 83.2. The maximum atomic E-state index is 14.3. The molecule has 0 unspecified atom stereocenters. The topological polar surface area (TPSA) is 116 Å². The number of amides is 2. The molecule has 2 fully saturated rings. The Labute approximate surface area is 598 Å². The minimum atomic E-state index is -0.874. The average molecular weight is 1420 g/mol. The van der Waals surface area contributed by atoms with Crippen LogP contribution in [-0.2, 0) is 19.1 Å². The van der Waals surface area contributed by atoms with E-state index in [1.807, 2.05) is 137 Å². The van der Waals surface area contributed by atoms with Gasteiger partial charge < -0.3 is 25.2 Å². The van der Waals surface area contributed by atoms with Crippen LogP contribution < -0.4 is 5.32 Å². The molecule has 2 aliphatic heterocycles. The molecule has 3 N–H and O–H groups in total. The third-order valence-electron chi connectivity index (χ3n) is 17.7. The predicted molar refractivity (Wildman–Crippen MR) is 403 cm³/mol. The summed E-state index contributed by atoms with van der Waals surface area (Å²) in [7, 11) is 0. The van der Waals surface area contributed by atoms with Crippen molar-refractivity contribution in [1.29, 1.82) is 0 Å². The summed E-state index contributed by atoms with van der Waals surface area (Å²) < 4.78 is 5.91. The van der Waals surface area contributed by atoms with Crippen molar-refractivity contribution < 1.29 is 29.3 Å². The van der Waals surface area contributed by atoms with Crippen molar-refractivity contribution in [2.75, 3.05) is 12.4 Å². The van der Waals surface area contributed by atoms with Gasteiger partial charge in [-0.05, 0) is 169 Å². The second-order valence-corrected chi connectivity index (χ2v) is 30.3. The van der Waals surface area contributed by atoms with Gasteiger partial charge in [-0.25, -0.2) is 0 Å². The van der Waals surface area contributed by atoms with E-state index in [-0.39, 0.29) is 88.7 Å². The van der Waals surface area contributed by atoms with Crippen molar-refractivity contribution in [3.8, 4) is 0 Å². The van der Waals surface area contributed by atoms with Gasteiger partial charge in [0, 0.05) is 59.7 Å². The number of carbonyl (C=O) groups is 3. The molecule has 11 atom stereocenters. The fraction of sp³-hybridized carbons (Fsp3) is 0.430. The van der Waals surface area contributed by atoms with Gasteiger partial charge in [0.2, 0.25) is 11.8 Å². The van der Waals surface area contributed by atoms with Crippen LogP contribution in [0, 0.1) is 28.1 Å². The third-order valence-corrected chi connectivity index (χ3v) is 20.4. The first-order valence-corrected chi connectivity index (χ1v) is 34.5. The summed E-state index contributed by atoms with van der Waals surface area (Å²) in [6.45, 7) is 30.2. The molecule has 94 heavy (non-hydrogen) atoms. The smallest absolute Gasteiger partial charge is 0.312 e. The number of allylic oxidation sites excluding steroid dienone is 3. The number of cyclic esters (lactones) is 1. The zero-order valence-corrected chi connectivity index (χ0v) is 59.2. The van der Waals surface area contributed by atoms with Crippen LogP contribution in [0.3, 0.4) is 0 Å². The number of benzene rings is 6. The molecule has 8 nitrogen and oxygen atoms in total. The van der Waals surface area contributed by atoms with Crippen molar-refractivity contribution in [1.82, 2.24) is 10.2 Å². The molecule has 2 heterocycles. The van der Waals surface area contributed by atoms with Gasteiger partial charge in [-0.1, -0.05) is 238 Å². The van der Waals surface area contributed by atoms with Gasteiger partial charge in [0.1, 0.15) is 6.10 Å². The number of rotatable bonds is 24. The predicted octanol–water partition coefficient (Wildman–Crippen LogP) is 23.0. The van der Waals surface area contributed by atoms with Crippen LogP contribution in [0.15, 0.2) is 184 Å². The molecule has 2 saturated heterocycles.